The van der Waals surface area contributed by atoms with Gasteiger partial charge in [-0.25, -0.2) is 0 Å². The molecule has 2 rings (SSSR count). The average Bonchev–Trinajstić information content (AvgIpc) is 2.30. The first kappa shape index (κ1) is 16.0. The molecule has 0 bridgehead atoms. The van der Waals surface area contributed by atoms with Crippen LogP contribution in [-0.2, 0) is 6.54 Å². The number of nitrogens with zero attached hydrogens (tertiary/aromatic N) is 1. The minimum Gasteiger partial charge on any atom is -0.317 e. The summed E-state index contributed by atoms with van der Waals surface area (Å²) in [6, 6.07) is 8.59. The van der Waals surface area contributed by atoms with E-state index in [4.69, 9.17) is 0 Å². The predicted octanol–water partition coefficient (Wildman–Crippen LogP) is 3.30. The topological polar surface area (TPSA) is 15.3 Å². The Labute approximate surface area is 125 Å². The van der Waals surface area contributed by atoms with E-state index in [9.17, 15) is 0 Å². The van der Waals surface area contributed by atoms with Gasteiger partial charge in [0.25, 0.3) is 0 Å². The van der Waals surface area contributed by atoms with Gasteiger partial charge in [-0.15, -0.1) is 12.4 Å². The maximum absolute atomic E-state index is 3.52. The third-order valence-electron chi connectivity index (χ3n) is 3.37. The number of rotatable bonds is 4. The largest absolute Gasteiger partial charge is 0.317 e. The normalized spacial score (nSPS) is 16.6. The van der Waals surface area contributed by atoms with Crippen molar-refractivity contribution in [3.63, 3.8) is 0 Å². The van der Waals surface area contributed by atoms with Crippen molar-refractivity contribution < 1.29 is 0 Å². The van der Waals surface area contributed by atoms with Crippen LogP contribution in [0.2, 0.25) is 0 Å². The molecule has 0 saturated carbocycles. The van der Waals surface area contributed by atoms with Crippen LogP contribution in [0.4, 0.5) is 0 Å². The molecular formula is C14H22BrClN2. The highest BCUT2D eigenvalue weighted by molar-refractivity contribution is 9.10. The fourth-order valence-corrected chi connectivity index (χ4v) is 2.96. The third kappa shape index (κ3) is 5.27. The summed E-state index contributed by atoms with van der Waals surface area (Å²) in [4.78, 5) is 2.44. The van der Waals surface area contributed by atoms with E-state index in [1.54, 1.807) is 0 Å². The number of hydrogen-bond acceptors (Lipinski definition) is 2. The van der Waals surface area contributed by atoms with Crippen molar-refractivity contribution in [3.8, 4) is 0 Å². The lowest BCUT2D eigenvalue weighted by atomic mass is 9.97. The molecule has 1 fully saturated rings. The molecule has 2 nitrogen and oxygen atoms in total. The fourth-order valence-electron chi connectivity index (χ4n) is 2.52. The Balaban J connectivity index is 0.00000162. The van der Waals surface area contributed by atoms with Gasteiger partial charge in [0, 0.05) is 17.6 Å². The van der Waals surface area contributed by atoms with E-state index in [1.807, 2.05) is 0 Å². The van der Waals surface area contributed by atoms with E-state index < -0.39 is 0 Å². The van der Waals surface area contributed by atoms with Crippen molar-refractivity contribution in [1.29, 1.82) is 0 Å². The van der Waals surface area contributed by atoms with Crippen molar-refractivity contribution >= 4 is 28.3 Å². The quantitative estimate of drug-likeness (QED) is 0.909. The van der Waals surface area contributed by atoms with Crippen LogP contribution in [0.5, 0.6) is 0 Å². The first-order valence-corrected chi connectivity index (χ1v) is 7.17. The van der Waals surface area contributed by atoms with Crippen LogP contribution >= 0.6 is 28.3 Å². The van der Waals surface area contributed by atoms with Gasteiger partial charge in [0.2, 0.25) is 0 Å². The van der Waals surface area contributed by atoms with Crippen LogP contribution in [0, 0.1) is 5.92 Å². The highest BCUT2D eigenvalue weighted by Crippen LogP contribution is 2.16. The number of piperidine rings is 1. The summed E-state index contributed by atoms with van der Waals surface area (Å²) in [7, 11) is 2.23. The molecule has 0 amide bonds. The molecule has 1 aromatic carbocycles. The monoisotopic (exact) mass is 332 g/mol. The van der Waals surface area contributed by atoms with Crippen molar-refractivity contribution in [3.05, 3.63) is 34.3 Å². The predicted molar refractivity (Wildman–Crippen MR) is 83.3 cm³/mol. The van der Waals surface area contributed by atoms with Crippen LogP contribution in [0.25, 0.3) is 0 Å². The molecule has 1 N–H and O–H groups in total. The molecule has 0 unspecified atom stereocenters. The molecule has 4 heteroatoms. The second-order valence-corrected chi connectivity index (χ2v) is 5.94. The van der Waals surface area contributed by atoms with Crippen LogP contribution in [0.1, 0.15) is 18.4 Å². The van der Waals surface area contributed by atoms with Gasteiger partial charge in [0.1, 0.15) is 0 Å². The number of halogens is 2. The maximum atomic E-state index is 3.52. The lowest BCUT2D eigenvalue weighted by molar-refractivity contribution is 0.234. The van der Waals surface area contributed by atoms with Crippen LogP contribution in [0.15, 0.2) is 28.7 Å². The summed E-state index contributed by atoms with van der Waals surface area (Å²) in [6.45, 7) is 4.64. The van der Waals surface area contributed by atoms with Crippen molar-refractivity contribution in [2.75, 3.05) is 26.7 Å². The standard InChI is InChI=1S/C14H21BrN2.ClH/c1-17(10-12-5-7-16-8-6-12)11-13-3-2-4-14(15)9-13;/h2-4,9,12,16H,5-8,10-11H2,1H3;1H. The minimum atomic E-state index is 0. The molecule has 102 valence electrons. The second-order valence-electron chi connectivity index (χ2n) is 5.02. The molecule has 1 saturated heterocycles. The Morgan fingerprint density at radius 3 is 2.72 bits per heavy atom. The van der Waals surface area contributed by atoms with E-state index in [2.05, 4.69) is 57.5 Å². The summed E-state index contributed by atoms with van der Waals surface area (Å²) in [5.74, 6) is 0.869. The average molecular weight is 334 g/mol. The van der Waals surface area contributed by atoms with E-state index in [0.29, 0.717) is 0 Å². The summed E-state index contributed by atoms with van der Waals surface area (Å²) < 4.78 is 1.17. The zero-order valence-corrected chi connectivity index (χ0v) is 13.3. The van der Waals surface area contributed by atoms with Crippen LogP contribution in [0.3, 0.4) is 0 Å². The molecule has 1 aromatic rings. The van der Waals surface area contributed by atoms with Gasteiger partial charge in [0.15, 0.2) is 0 Å². The highest BCUT2D eigenvalue weighted by Gasteiger charge is 2.14. The molecule has 0 spiro atoms. The van der Waals surface area contributed by atoms with Gasteiger partial charge in [-0.05, 0) is 56.6 Å². The Morgan fingerprint density at radius 2 is 2.06 bits per heavy atom. The Bertz CT molecular complexity index is 353. The molecule has 1 aliphatic rings. The van der Waals surface area contributed by atoms with Crippen molar-refractivity contribution in [1.82, 2.24) is 10.2 Å². The second kappa shape index (κ2) is 8.16. The zero-order valence-electron chi connectivity index (χ0n) is 10.9. The van der Waals surface area contributed by atoms with Gasteiger partial charge in [0.05, 0.1) is 0 Å². The molecule has 1 aliphatic heterocycles. The fraction of sp³-hybridized carbons (Fsp3) is 0.571. The smallest absolute Gasteiger partial charge is 0.0231 e. The lowest BCUT2D eigenvalue weighted by Crippen LogP contribution is -2.34. The van der Waals surface area contributed by atoms with Gasteiger partial charge in [-0.2, -0.15) is 0 Å². The summed E-state index contributed by atoms with van der Waals surface area (Å²) in [5, 5.41) is 3.42. The van der Waals surface area contributed by atoms with Crippen LogP contribution in [-0.4, -0.2) is 31.6 Å². The van der Waals surface area contributed by atoms with Crippen molar-refractivity contribution in [2.45, 2.75) is 19.4 Å². The summed E-state index contributed by atoms with van der Waals surface area (Å²) in [5.41, 5.74) is 1.39. The summed E-state index contributed by atoms with van der Waals surface area (Å²) in [6.07, 6.45) is 2.64. The minimum absolute atomic E-state index is 0. The molecule has 1 heterocycles. The first-order valence-electron chi connectivity index (χ1n) is 6.38. The lowest BCUT2D eigenvalue weighted by Gasteiger charge is -2.27. The number of hydrogen-bond donors (Lipinski definition) is 1. The van der Waals surface area contributed by atoms with E-state index in [0.717, 1.165) is 12.5 Å². The SMILES string of the molecule is CN(Cc1cccc(Br)c1)CC1CCNCC1.Cl. The summed E-state index contributed by atoms with van der Waals surface area (Å²) >= 11 is 3.52. The molecule has 0 atom stereocenters. The van der Waals surface area contributed by atoms with E-state index >= 15 is 0 Å². The molecule has 0 aliphatic carbocycles. The van der Waals surface area contributed by atoms with Crippen molar-refractivity contribution in [2.24, 2.45) is 5.92 Å². The van der Waals surface area contributed by atoms with Gasteiger partial charge in [-0.3, -0.25) is 0 Å². The Hall–Kier alpha value is -0.0900. The molecular weight excluding hydrogens is 312 g/mol. The third-order valence-corrected chi connectivity index (χ3v) is 3.86. The van der Waals surface area contributed by atoms with Gasteiger partial charge < -0.3 is 10.2 Å². The van der Waals surface area contributed by atoms with E-state index in [1.165, 1.54) is 42.5 Å². The Morgan fingerprint density at radius 1 is 1.33 bits per heavy atom. The Kier molecular flexibility index (Phi) is 7.23. The molecule has 0 aromatic heterocycles. The van der Waals surface area contributed by atoms with Gasteiger partial charge >= 0.3 is 0 Å². The van der Waals surface area contributed by atoms with Gasteiger partial charge in [-0.1, -0.05) is 28.1 Å². The highest BCUT2D eigenvalue weighted by atomic mass is 79.9. The maximum Gasteiger partial charge on any atom is 0.0231 e. The van der Waals surface area contributed by atoms with Crippen LogP contribution < -0.4 is 5.32 Å². The first-order chi connectivity index (χ1) is 8.24. The number of nitrogens with one attached hydrogen (secondary N) is 1. The zero-order chi connectivity index (χ0) is 12.1. The van der Waals surface area contributed by atoms with E-state index in [-0.39, 0.29) is 12.4 Å². The molecule has 18 heavy (non-hydrogen) atoms. The number of benzene rings is 1. The molecule has 0 radical (unpaired) electrons.